The second-order valence-electron chi connectivity index (χ2n) is 5.64. The van der Waals surface area contributed by atoms with Crippen molar-refractivity contribution < 1.29 is 9.84 Å². The summed E-state index contributed by atoms with van der Waals surface area (Å²) < 4.78 is 5.65. The maximum atomic E-state index is 9.70. The van der Waals surface area contributed by atoms with Gasteiger partial charge >= 0.3 is 0 Å². The number of nitrogens with zero attached hydrogens (tertiary/aromatic N) is 1. The van der Waals surface area contributed by atoms with Crippen LogP contribution in [0.1, 0.15) is 41.5 Å². The molecule has 3 heteroatoms. The molecule has 0 aliphatic carbocycles. The zero-order valence-corrected chi connectivity index (χ0v) is 11.1. The van der Waals surface area contributed by atoms with Crippen molar-refractivity contribution in [1.29, 1.82) is 0 Å². The maximum absolute atomic E-state index is 9.70. The van der Waals surface area contributed by atoms with Crippen LogP contribution in [0.15, 0.2) is 0 Å². The first-order chi connectivity index (χ1) is 6.64. The molecule has 0 radical (unpaired) electrons. The van der Waals surface area contributed by atoms with Gasteiger partial charge in [0.15, 0.2) is 0 Å². The Morgan fingerprint density at radius 3 is 2.00 bits per heavy atom. The fourth-order valence-corrected chi connectivity index (χ4v) is 1.38. The summed E-state index contributed by atoms with van der Waals surface area (Å²) in [6.07, 6.45) is 0. The molecule has 0 aromatic carbocycles. The van der Waals surface area contributed by atoms with Crippen LogP contribution in [-0.4, -0.2) is 47.4 Å². The third kappa shape index (κ3) is 10.2. The lowest BCUT2D eigenvalue weighted by molar-refractivity contribution is -0.0239. The highest BCUT2D eigenvalue weighted by Gasteiger charge is 2.17. The fraction of sp³-hybridized carbons (Fsp3) is 1.00. The Bertz CT molecular complexity index is 167. The minimum absolute atomic E-state index is 0.0753. The molecule has 92 valence electrons. The smallest absolute Gasteiger partial charge is 0.0718 e. The van der Waals surface area contributed by atoms with Crippen LogP contribution in [0.3, 0.4) is 0 Å². The first-order valence-electron chi connectivity index (χ1n) is 5.73. The number of likely N-dealkylation sites (N-methyl/N-ethyl adjacent to an activating group) is 1. The number of hydrogen-bond acceptors (Lipinski definition) is 3. The minimum Gasteiger partial charge on any atom is -0.389 e. The van der Waals surface area contributed by atoms with Crippen LogP contribution in [0, 0.1) is 0 Å². The van der Waals surface area contributed by atoms with Crippen molar-refractivity contribution >= 4 is 0 Å². The molecule has 0 aromatic heterocycles. The normalized spacial score (nSPS) is 13.6. The van der Waals surface area contributed by atoms with Crippen molar-refractivity contribution in [3.8, 4) is 0 Å². The Hall–Kier alpha value is -0.120. The lowest BCUT2D eigenvalue weighted by Gasteiger charge is -2.29. The first-order valence-corrected chi connectivity index (χ1v) is 5.73. The Labute approximate surface area is 94.4 Å². The van der Waals surface area contributed by atoms with E-state index in [0.29, 0.717) is 13.2 Å². The lowest BCUT2D eigenvalue weighted by Crippen LogP contribution is -2.40. The Morgan fingerprint density at radius 1 is 1.13 bits per heavy atom. The molecule has 0 aromatic rings. The largest absolute Gasteiger partial charge is 0.389 e. The quantitative estimate of drug-likeness (QED) is 0.737. The molecule has 15 heavy (non-hydrogen) atoms. The average molecular weight is 217 g/mol. The standard InChI is InChI=1S/C12H27NO2/c1-7-13(10-12(5,6)14)8-9-15-11(2,3)4/h14H,7-10H2,1-6H3. The van der Waals surface area contributed by atoms with E-state index in [9.17, 15) is 5.11 Å². The summed E-state index contributed by atoms with van der Waals surface area (Å²) in [6, 6.07) is 0. The van der Waals surface area contributed by atoms with Gasteiger partial charge in [-0.05, 0) is 41.2 Å². The molecule has 0 aliphatic rings. The van der Waals surface area contributed by atoms with Crippen LogP contribution < -0.4 is 0 Å². The van der Waals surface area contributed by atoms with E-state index < -0.39 is 5.60 Å². The molecule has 0 saturated heterocycles. The molecule has 0 heterocycles. The molecule has 1 N–H and O–H groups in total. The molecular weight excluding hydrogens is 190 g/mol. The van der Waals surface area contributed by atoms with Gasteiger partial charge in [0.05, 0.1) is 17.8 Å². The van der Waals surface area contributed by atoms with Gasteiger partial charge in [-0.15, -0.1) is 0 Å². The maximum Gasteiger partial charge on any atom is 0.0718 e. The molecule has 0 fully saturated rings. The van der Waals surface area contributed by atoms with Gasteiger partial charge in [0.1, 0.15) is 0 Å². The second kappa shape index (κ2) is 5.83. The molecule has 3 nitrogen and oxygen atoms in total. The van der Waals surface area contributed by atoms with E-state index in [0.717, 1.165) is 13.1 Å². The molecule has 0 saturated carbocycles. The highest BCUT2D eigenvalue weighted by molar-refractivity contribution is 4.71. The Balaban J connectivity index is 3.82. The van der Waals surface area contributed by atoms with Crippen LogP contribution >= 0.6 is 0 Å². The zero-order valence-electron chi connectivity index (χ0n) is 11.1. The fourth-order valence-electron chi connectivity index (χ4n) is 1.38. The van der Waals surface area contributed by atoms with E-state index in [-0.39, 0.29) is 5.60 Å². The average Bonchev–Trinajstić information content (AvgIpc) is 1.97. The van der Waals surface area contributed by atoms with E-state index in [1.807, 2.05) is 13.8 Å². The summed E-state index contributed by atoms with van der Waals surface area (Å²) in [6.45, 7) is 15.2. The number of ether oxygens (including phenoxy) is 1. The van der Waals surface area contributed by atoms with Crippen LogP contribution in [0.4, 0.5) is 0 Å². The molecule has 0 bridgehead atoms. The van der Waals surface area contributed by atoms with Gasteiger partial charge in [0.2, 0.25) is 0 Å². The van der Waals surface area contributed by atoms with Gasteiger partial charge in [-0.2, -0.15) is 0 Å². The second-order valence-corrected chi connectivity index (χ2v) is 5.64. The van der Waals surface area contributed by atoms with Crippen LogP contribution in [0.5, 0.6) is 0 Å². The van der Waals surface area contributed by atoms with Gasteiger partial charge in [-0.3, -0.25) is 4.90 Å². The third-order valence-electron chi connectivity index (χ3n) is 2.00. The minimum atomic E-state index is -0.627. The van der Waals surface area contributed by atoms with Gasteiger partial charge < -0.3 is 9.84 Å². The molecule has 0 rings (SSSR count). The van der Waals surface area contributed by atoms with Crippen LogP contribution in [0.25, 0.3) is 0 Å². The Morgan fingerprint density at radius 2 is 1.67 bits per heavy atom. The molecule has 0 aliphatic heterocycles. The van der Waals surface area contributed by atoms with Crippen LogP contribution in [0.2, 0.25) is 0 Å². The predicted octanol–water partition coefficient (Wildman–Crippen LogP) is 1.89. The number of hydrogen-bond donors (Lipinski definition) is 1. The highest BCUT2D eigenvalue weighted by atomic mass is 16.5. The van der Waals surface area contributed by atoms with Crippen molar-refractivity contribution in [2.75, 3.05) is 26.2 Å². The first kappa shape index (κ1) is 14.9. The van der Waals surface area contributed by atoms with E-state index in [1.165, 1.54) is 0 Å². The lowest BCUT2D eigenvalue weighted by atomic mass is 10.1. The van der Waals surface area contributed by atoms with E-state index in [2.05, 4.69) is 32.6 Å². The summed E-state index contributed by atoms with van der Waals surface area (Å²) in [7, 11) is 0. The van der Waals surface area contributed by atoms with Crippen molar-refractivity contribution in [2.24, 2.45) is 0 Å². The van der Waals surface area contributed by atoms with Crippen molar-refractivity contribution in [1.82, 2.24) is 4.90 Å². The van der Waals surface area contributed by atoms with Crippen molar-refractivity contribution in [3.05, 3.63) is 0 Å². The molecule has 0 unspecified atom stereocenters. The zero-order chi connectivity index (χ0) is 12.1. The molecular formula is C12H27NO2. The van der Waals surface area contributed by atoms with Gasteiger partial charge in [0, 0.05) is 13.1 Å². The topological polar surface area (TPSA) is 32.7 Å². The molecule has 0 spiro atoms. The van der Waals surface area contributed by atoms with Gasteiger partial charge in [-0.1, -0.05) is 6.92 Å². The summed E-state index contributed by atoms with van der Waals surface area (Å²) >= 11 is 0. The van der Waals surface area contributed by atoms with Crippen molar-refractivity contribution in [2.45, 2.75) is 52.7 Å². The highest BCUT2D eigenvalue weighted by Crippen LogP contribution is 2.08. The van der Waals surface area contributed by atoms with Crippen molar-refractivity contribution in [3.63, 3.8) is 0 Å². The molecule has 0 atom stereocenters. The van der Waals surface area contributed by atoms with Gasteiger partial charge in [0.25, 0.3) is 0 Å². The SMILES string of the molecule is CCN(CCOC(C)(C)C)CC(C)(C)O. The third-order valence-corrected chi connectivity index (χ3v) is 2.00. The summed E-state index contributed by atoms with van der Waals surface area (Å²) in [4.78, 5) is 2.20. The van der Waals surface area contributed by atoms with E-state index >= 15 is 0 Å². The summed E-state index contributed by atoms with van der Waals surface area (Å²) in [5, 5.41) is 9.70. The summed E-state index contributed by atoms with van der Waals surface area (Å²) in [5.41, 5.74) is -0.702. The van der Waals surface area contributed by atoms with Crippen LogP contribution in [-0.2, 0) is 4.74 Å². The number of rotatable bonds is 6. The molecule has 0 amide bonds. The monoisotopic (exact) mass is 217 g/mol. The van der Waals surface area contributed by atoms with E-state index in [1.54, 1.807) is 0 Å². The van der Waals surface area contributed by atoms with Gasteiger partial charge in [-0.25, -0.2) is 0 Å². The summed E-state index contributed by atoms with van der Waals surface area (Å²) in [5.74, 6) is 0. The predicted molar refractivity (Wildman–Crippen MR) is 64.1 cm³/mol. The van der Waals surface area contributed by atoms with E-state index in [4.69, 9.17) is 4.74 Å². The Kier molecular flexibility index (Phi) is 5.78. The number of aliphatic hydroxyl groups is 1.